The van der Waals surface area contributed by atoms with Crippen LogP contribution in [-0.2, 0) is 9.59 Å². The van der Waals surface area contributed by atoms with E-state index < -0.39 is 23.5 Å². The van der Waals surface area contributed by atoms with Crippen LogP contribution in [-0.4, -0.2) is 53.8 Å². The lowest BCUT2D eigenvalue weighted by Crippen LogP contribution is -2.29. The lowest BCUT2D eigenvalue weighted by molar-refractivity contribution is -0.132. The molecule has 1 unspecified atom stereocenters. The summed E-state index contributed by atoms with van der Waals surface area (Å²) in [5.41, 5.74) is 1.14. The number of rotatable bonds is 6. The standard InChI is InChI=1S/C29H23BrN2O8S/c1-3-38-16-5-6-18-22(13-16)41-29(31-18)32-24(15-10-17(30)26(34)21(12-15)37-2)23(27(35)28(32)36)25(33)14-4-7-19-20(11-14)40-9-8-39-19/h4-7,10-13,24,33-34H,3,8-9H2,1-2H3. The van der Waals surface area contributed by atoms with Gasteiger partial charge in [-0.05, 0) is 76.9 Å². The first kappa shape index (κ1) is 26.9. The zero-order chi connectivity index (χ0) is 28.8. The second-order valence-corrected chi connectivity index (χ2v) is 11.0. The fourth-order valence-electron chi connectivity index (χ4n) is 4.85. The summed E-state index contributed by atoms with van der Waals surface area (Å²) in [5, 5.41) is 22.3. The Morgan fingerprint density at radius 3 is 2.66 bits per heavy atom. The van der Waals surface area contributed by atoms with E-state index in [2.05, 4.69) is 20.9 Å². The lowest BCUT2D eigenvalue weighted by Gasteiger charge is -2.24. The van der Waals surface area contributed by atoms with Crippen LogP contribution >= 0.6 is 27.3 Å². The van der Waals surface area contributed by atoms with E-state index in [0.717, 1.165) is 4.70 Å². The smallest absolute Gasteiger partial charge is 0.301 e. The Bertz CT molecular complexity index is 1750. The number of aromatic nitrogens is 1. The highest BCUT2D eigenvalue weighted by molar-refractivity contribution is 9.10. The van der Waals surface area contributed by atoms with Gasteiger partial charge in [-0.15, -0.1) is 0 Å². The van der Waals surface area contributed by atoms with Gasteiger partial charge in [0.1, 0.15) is 24.7 Å². The van der Waals surface area contributed by atoms with E-state index in [9.17, 15) is 19.8 Å². The molecule has 12 heteroatoms. The summed E-state index contributed by atoms with van der Waals surface area (Å²) in [7, 11) is 1.39. The number of hydrogen-bond acceptors (Lipinski definition) is 10. The first-order valence-electron chi connectivity index (χ1n) is 12.6. The van der Waals surface area contributed by atoms with Crippen LogP contribution in [0, 0.1) is 0 Å². The van der Waals surface area contributed by atoms with Gasteiger partial charge in [-0.25, -0.2) is 4.98 Å². The normalized spacial score (nSPS) is 17.7. The number of aliphatic hydroxyl groups is 1. The van der Waals surface area contributed by atoms with E-state index in [1.54, 1.807) is 36.4 Å². The molecule has 4 aromatic rings. The number of anilines is 1. The maximum atomic E-state index is 13.7. The van der Waals surface area contributed by atoms with Gasteiger partial charge in [-0.2, -0.15) is 0 Å². The Balaban J connectivity index is 1.55. The van der Waals surface area contributed by atoms with Gasteiger partial charge >= 0.3 is 5.91 Å². The lowest BCUT2D eigenvalue weighted by atomic mass is 9.95. The largest absolute Gasteiger partial charge is 0.507 e. The van der Waals surface area contributed by atoms with Crippen LogP contribution in [0.4, 0.5) is 5.13 Å². The number of nitrogens with zero attached hydrogens (tertiary/aromatic N) is 2. The van der Waals surface area contributed by atoms with Gasteiger partial charge in [-0.3, -0.25) is 14.5 Å². The van der Waals surface area contributed by atoms with Gasteiger partial charge in [0.05, 0.1) is 40.0 Å². The van der Waals surface area contributed by atoms with Gasteiger partial charge in [0.25, 0.3) is 5.78 Å². The zero-order valence-electron chi connectivity index (χ0n) is 21.8. The fraction of sp³-hybridized carbons (Fsp3) is 0.207. The molecule has 1 saturated heterocycles. The number of Topliss-reactive ketones (excluding diaryl/α,β-unsaturated/α-hetero) is 1. The highest BCUT2D eigenvalue weighted by atomic mass is 79.9. The number of aliphatic hydroxyl groups excluding tert-OH is 1. The van der Waals surface area contributed by atoms with Crippen LogP contribution in [0.5, 0.6) is 28.7 Å². The topological polar surface area (TPSA) is 128 Å². The van der Waals surface area contributed by atoms with Crippen molar-refractivity contribution in [2.75, 3.05) is 31.8 Å². The molecule has 2 aliphatic rings. The molecule has 2 N–H and O–H groups in total. The third-order valence-electron chi connectivity index (χ3n) is 6.71. The number of hydrogen-bond donors (Lipinski definition) is 2. The third kappa shape index (κ3) is 4.62. The molecule has 1 atom stereocenters. The molecule has 1 amide bonds. The van der Waals surface area contributed by atoms with Crippen LogP contribution in [0.2, 0.25) is 0 Å². The molecular weight excluding hydrogens is 616 g/mol. The van der Waals surface area contributed by atoms with E-state index >= 15 is 0 Å². The summed E-state index contributed by atoms with van der Waals surface area (Å²) in [6.07, 6.45) is 0. The number of carbonyl (C=O) groups is 2. The summed E-state index contributed by atoms with van der Waals surface area (Å²) >= 11 is 4.54. The highest BCUT2D eigenvalue weighted by Crippen LogP contribution is 2.48. The van der Waals surface area contributed by atoms with Gasteiger partial charge in [0.2, 0.25) is 0 Å². The van der Waals surface area contributed by atoms with Crippen molar-refractivity contribution in [3.63, 3.8) is 0 Å². The molecule has 0 spiro atoms. The van der Waals surface area contributed by atoms with Crippen molar-refractivity contribution in [2.45, 2.75) is 13.0 Å². The second kappa shape index (κ2) is 10.6. The van der Waals surface area contributed by atoms with E-state index in [0.29, 0.717) is 48.1 Å². The molecule has 10 nitrogen and oxygen atoms in total. The summed E-state index contributed by atoms with van der Waals surface area (Å²) in [5.74, 6) is -0.598. The van der Waals surface area contributed by atoms with Crippen LogP contribution in [0.3, 0.4) is 0 Å². The van der Waals surface area contributed by atoms with Crippen molar-refractivity contribution >= 4 is 60.1 Å². The Morgan fingerprint density at radius 2 is 1.90 bits per heavy atom. The van der Waals surface area contributed by atoms with Crippen molar-refractivity contribution in [1.29, 1.82) is 0 Å². The molecule has 6 rings (SSSR count). The predicted molar refractivity (Wildman–Crippen MR) is 155 cm³/mol. The molecule has 0 aliphatic carbocycles. The first-order chi connectivity index (χ1) is 19.8. The molecule has 0 saturated carbocycles. The molecule has 1 fully saturated rings. The summed E-state index contributed by atoms with van der Waals surface area (Å²) in [4.78, 5) is 33.2. The van der Waals surface area contributed by atoms with E-state index in [4.69, 9.17) is 18.9 Å². The van der Waals surface area contributed by atoms with E-state index in [1.165, 1.54) is 29.4 Å². The number of ketones is 1. The molecule has 3 aromatic carbocycles. The quantitative estimate of drug-likeness (QED) is 0.158. The number of aromatic hydroxyl groups is 1. The molecule has 3 heterocycles. The number of thiazole rings is 1. The molecule has 2 aliphatic heterocycles. The van der Waals surface area contributed by atoms with Crippen molar-refractivity contribution < 1.29 is 38.7 Å². The summed E-state index contributed by atoms with van der Waals surface area (Å²) in [6, 6.07) is 12.2. The average Bonchev–Trinajstić information content (AvgIpc) is 3.51. The van der Waals surface area contributed by atoms with E-state index in [-0.39, 0.29) is 32.2 Å². The van der Waals surface area contributed by atoms with Gasteiger partial charge in [0, 0.05) is 5.56 Å². The Labute approximate surface area is 246 Å². The maximum absolute atomic E-state index is 13.7. The number of amides is 1. The second-order valence-electron chi connectivity index (χ2n) is 9.14. The fourth-order valence-corrected chi connectivity index (χ4v) is 6.33. The van der Waals surface area contributed by atoms with E-state index in [1.807, 2.05) is 13.0 Å². The van der Waals surface area contributed by atoms with Crippen molar-refractivity contribution in [3.05, 3.63) is 69.7 Å². The summed E-state index contributed by atoms with van der Waals surface area (Å²) in [6.45, 7) is 3.11. The highest BCUT2D eigenvalue weighted by Gasteiger charge is 2.48. The molecule has 41 heavy (non-hydrogen) atoms. The molecule has 1 aromatic heterocycles. The number of halogens is 1. The molecular formula is C29H23BrN2O8S. The predicted octanol–water partition coefficient (Wildman–Crippen LogP) is 5.57. The number of ether oxygens (including phenoxy) is 4. The summed E-state index contributed by atoms with van der Waals surface area (Å²) < 4.78 is 23.2. The SMILES string of the molecule is CCOc1ccc2nc(N3C(=O)C(=O)C(=C(O)c4ccc5c(c4)OCCO5)C3c3cc(Br)c(O)c(OC)c3)sc2c1. The number of benzene rings is 3. The number of phenols is 1. The van der Waals surface area contributed by atoms with Crippen LogP contribution < -0.4 is 23.8 Å². The van der Waals surface area contributed by atoms with Gasteiger partial charge in [-0.1, -0.05) is 11.3 Å². The third-order valence-corrected chi connectivity index (χ3v) is 8.33. The Morgan fingerprint density at radius 1 is 1.12 bits per heavy atom. The van der Waals surface area contributed by atoms with Gasteiger partial charge < -0.3 is 29.2 Å². The average molecular weight is 639 g/mol. The van der Waals surface area contributed by atoms with Crippen molar-refractivity contribution in [3.8, 4) is 28.7 Å². The number of carbonyl (C=O) groups excluding carboxylic acids is 2. The minimum atomic E-state index is -1.10. The number of methoxy groups -OCH3 is 1. The van der Waals surface area contributed by atoms with Crippen molar-refractivity contribution in [1.82, 2.24) is 4.98 Å². The van der Waals surface area contributed by atoms with Gasteiger partial charge in [0.15, 0.2) is 28.1 Å². The minimum absolute atomic E-state index is 0.116. The monoisotopic (exact) mass is 638 g/mol. The first-order valence-corrected chi connectivity index (χ1v) is 14.2. The van der Waals surface area contributed by atoms with Crippen molar-refractivity contribution in [2.24, 2.45) is 0 Å². The molecule has 210 valence electrons. The zero-order valence-corrected chi connectivity index (χ0v) is 24.2. The number of phenolic OH excluding ortho intramolecular Hbond substituents is 1. The van der Waals surface area contributed by atoms with Crippen LogP contribution in [0.25, 0.3) is 16.0 Å². The number of fused-ring (bicyclic) bond motifs is 2. The Hall–Kier alpha value is -4.29. The molecule has 0 bridgehead atoms. The van der Waals surface area contributed by atoms with Crippen LogP contribution in [0.1, 0.15) is 24.1 Å². The maximum Gasteiger partial charge on any atom is 0.301 e. The minimum Gasteiger partial charge on any atom is -0.507 e. The molecule has 0 radical (unpaired) electrons. The Kier molecular flexibility index (Phi) is 6.96. The van der Waals surface area contributed by atoms with Crippen LogP contribution in [0.15, 0.2) is 58.6 Å².